The fraction of sp³-hybridized carbons (Fsp3) is 0.478. The third-order valence-corrected chi connectivity index (χ3v) is 8.64. The quantitative estimate of drug-likeness (QED) is 0.663. The van der Waals surface area contributed by atoms with Gasteiger partial charge < -0.3 is 10.2 Å². The molecular weight excluding hydrogens is 446 g/mol. The number of likely N-dealkylation sites (tertiary alicyclic amines) is 1. The molecule has 2 fully saturated rings. The Kier molecular flexibility index (Phi) is 7.27. The van der Waals surface area contributed by atoms with E-state index in [0.29, 0.717) is 31.6 Å². The normalized spacial score (nSPS) is 18.4. The Morgan fingerprint density at radius 1 is 0.938 bits per heavy atom. The van der Waals surface area contributed by atoms with Gasteiger partial charge in [-0.15, -0.1) is 11.3 Å². The first-order chi connectivity index (χ1) is 15.4. The number of benzene rings is 1. The predicted octanol–water partition coefficient (Wildman–Crippen LogP) is 3.85. The maximum atomic E-state index is 12.7. The lowest BCUT2D eigenvalue weighted by atomic mass is 9.95. The summed E-state index contributed by atoms with van der Waals surface area (Å²) in [4.78, 5) is 27.9. The van der Waals surface area contributed by atoms with Gasteiger partial charge in [0.05, 0.1) is 9.77 Å². The zero-order chi connectivity index (χ0) is 22.6. The van der Waals surface area contributed by atoms with Crippen molar-refractivity contribution in [2.75, 3.05) is 18.4 Å². The molecule has 1 aliphatic heterocycles. The van der Waals surface area contributed by atoms with Gasteiger partial charge in [0.2, 0.25) is 15.9 Å². The number of carbonyl (C=O) groups is 2. The summed E-state index contributed by atoms with van der Waals surface area (Å²) < 4.78 is 28.0. The van der Waals surface area contributed by atoms with Crippen molar-refractivity contribution in [1.29, 1.82) is 0 Å². The second kappa shape index (κ2) is 10.1. The van der Waals surface area contributed by atoms with Gasteiger partial charge in [-0.1, -0.05) is 25.3 Å². The molecule has 0 radical (unpaired) electrons. The van der Waals surface area contributed by atoms with Crippen LogP contribution in [-0.2, 0) is 14.8 Å². The minimum atomic E-state index is -3.56. The molecule has 1 aliphatic carbocycles. The molecule has 1 aromatic carbocycles. The summed E-state index contributed by atoms with van der Waals surface area (Å²) in [7, 11) is -3.56. The predicted molar refractivity (Wildman–Crippen MR) is 125 cm³/mol. The van der Waals surface area contributed by atoms with E-state index in [1.54, 1.807) is 17.0 Å². The number of nitrogens with zero attached hydrogens (tertiary/aromatic N) is 1. The van der Waals surface area contributed by atoms with Crippen LogP contribution in [0.4, 0.5) is 5.69 Å². The van der Waals surface area contributed by atoms with E-state index in [-0.39, 0.29) is 28.7 Å². The van der Waals surface area contributed by atoms with Crippen LogP contribution in [0.1, 0.15) is 54.6 Å². The van der Waals surface area contributed by atoms with Gasteiger partial charge in [-0.05, 0) is 61.4 Å². The Balaban J connectivity index is 1.29. The molecule has 7 nitrogen and oxygen atoms in total. The molecule has 2 amide bonds. The highest BCUT2D eigenvalue weighted by Crippen LogP contribution is 2.24. The average Bonchev–Trinajstić information content (AvgIpc) is 3.34. The lowest BCUT2D eigenvalue weighted by Crippen LogP contribution is -2.41. The van der Waals surface area contributed by atoms with Gasteiger partial charge in [-0.3, -0.25) is 9.59 Å². The molecule has 2 aliphatic rings. The molecule has 1 aromatic heterocycles. The molecule has 9 heteroatoms. The van der Waals surface area contributed by atoms with E-state index in [1.807, 2.05) is 17.5 Å². The van der Waals surface area contributed by atoms with Crippen LogP contribution in [0.2, 0.25) is 0 Å². The number of rotatable bonds is 6. The van der Waals surface area contributed by atoms with Crippen molar-refractivity contribution in [2.45, 2.75) is 55.9 Å². The van der Waals surface area contributed by atoms with Crippen molar-refractivity contribution in [1.82, 2.24) is 9.62 Å². The summed E-state index contributed by atoms with van der Waals surface area (Å²) in [6.45, 7) is 1.11. The van der Waals surface area contributed by atoms with E-state index in [9.17, 15) is 18.0 Å². The number of carbonyl (C=O) groups excluding carboxylic acids is 2. The van der Waals surface area contributed by atoms with Crippen LogP contribution in [-0.4, -0.2) is 44.3 Å². The van der Waals surface area contributed by atoms with Gasteiger partial charge in [0.15, 0.2) is 0 Å². The fourth-order valence-electron chi connectivity index (χ4n) is 4.37. The van der Waals surface area contributed by atoms with Crippen molar-refractivity contribution in [3.8, 4) is 0 Å². The first-order valence-electron chi connectivity index (χ1n) is 11.2. The molecule has 0 atom stereocenters. The molecule has 1 saturated carbocycles. The Morgan fingerprint density at radius 2 is 1.62 bits per heavy atom. The van der Waals surface area contributed by atoms with Crippen LogP contribution >= 0.6 is 11.3 Å². The number of thiophene rings is 1. The summed E-state index contributed by atoms with van der Waals surface area (Å²) in [5.74, 6) is -0.236. The number of piperidine rings is 1. The Morgan fingerprint density at radius 3 is 2.25 bits per heavy atom. The first-order valence-corrected chi connectivity index (χ1v) is 13.5. The fourth-order valence-corrected chi connectivity index (χ4v) is 6.37. The highest BCUT2D eigenvalue weighted by Gasteiger charge is 2.28. The maximum absolute atomic E-state index is 12.7. The van der Waals surface area contributed by atoms with E-state index in [2.05, 4.69) is 10.0 Å². The zero-order valence-corrected chi connectivity index (χ0v) is 19.6. The van der Waals surface area contributed by atoms with Crippen molar-refractivity contribution in [3.63, 3.8) is 0 Å². The molecular formula is C23H29N3O4S2. The molecule has 4 rings (SSSR count). The third kappa shape index (κ3) is 5.57. The van der Waals surface area contributed by atoms with Crippen molar-refractivity contribution in [2.24, 2.45) is 5.92 Å². The lowest BCUT2D eigenvalue weighted by Gasteiger charge is -2.31. The first kappa shape index (κ1) is 22.9. The minimum Gasteiger partial charge on any atom is -0.338 e. The standard InChI is InChI=1S/C23H29N3O4S2/c27-22(17-12-14-26(15-13-17)23(28)21-7-4-16-31-21)24-18-8-10-20(11-9-18)32(29,30)25-19-5-2-1-3-6-19/h4,7-11,16-17,19,25H,1-3,5-6,12-15H2,(H,24,27). The van der Waals surface area contributed by atoms with Gasteiger partial charge in [-0.25, -0.2) is 13.1 Å². The molecule has 0 unspecified atom stereocenters. The maximum Gasteiger partial charge on any atom is 0.263 e. The van der Waals surface area contributed by atoms with Gasteiger partial charge in [-0.2, -0.15) is 0 Å². The van der Waals surface area contributed by atoms with Gasteiger partial charge in [0, 0.05) is 30.7 Å². The SMILES string of the molecule is O=C(Nc1ccc(S(=O)(=O)NC2CCCCC2)cc1)C1CCN(C(=O)c2cccs2)CC1. The Labute approximate surface area is 193 Å². The summed E-state index contributed by atoms with van der Waals surface area (Å²) in [5, 5.41) is 4.77. The second-order valence-corrected chi connectivity index (χ2v) is 11.2. The van der Waals surface area contributed by atoms with E-state index in [4.69, 9.17) is 0 Å². The largest absolute Gasteiger partial charge is 0.338 e. The minimum absolute atomic E-state index is 0.00527. The molecule has 0 spiro atoms. The van der Waals surface area contributed by atoms with Crippen LogP contribution in [0.25, 0.3) is 0 Å². The van der Waals surface area contributed by atoms with Gasteiger partial charge >= 0.3 is 0 Å². The zero-order valence-electron chi connectivity index (χ0n) is 18.0. The number of hydrogen-bond acceptors (Lipinski definition) is 5. The molecule has 2 heterocycles. The molecule has 172 valence electrons. The number of anilines is 1. The molecule has 32 heavy (non-hydrogen) atoms. The monoisotopic (exact) mass is 475 g/mol. The van der Waals surface area contributed by atoms with Gasteiger partial charge in [0.25, 0.3) is 5.91 Å². The van der Waals surface area contributed by atoms with Crippen molar-refractivity contribution >= 4 is 38.9 Å². The smallest absolute Gasteiger partial charge is 0.263 e. The Hall–Kier alpha value is -2.23. The molecule has 2 aromatic rings. The number of sulfonamides is 1. The molecule has 0 bridgehead atoms. The van der Waals surface area contributed by atoms with Crippen LogP contribution in [0.5, 0.6) is 0 Å². The third-order valence-electron chi connectivity index (χ3n) is 6.24. The van der Waals surface area contributed by atoms with Crippen LogP contribution < -0.4 is 10.0 Å². The molecule has 2 N–H and O–H groups in total. The topological polar surface area (TPSA) is 95.6 Å². The summed E-state index contributed by atoms with van der Waals surface area (Å²) >= 11 is 1.43. The van der Waals surface area contributed by atoms with E-state index < -0.39 is 10.0 Å². The van der Waals surface area contributed by atoms with E-state index in [1.165, 1.54) is 23.5 Å². The lowest BCUT2D eigenvalue weighted by molar-refractivity contribution is -0.121. The van der Waals surface area contributed by atoms with E-state index >= 15 is 0 Å². The highest BCUT2D eigenvalue weighted by molar-refractivity contribution is 7.89. The van der Waals surface area contributed by atoms with Gasteiger partial charge in [0.1, 0.15) is 0 Å². The van der Waals surface area contributed by atoms with Crippen LogP contribution in [0.15, 0.2) is 46.7 Å². The van der Waals surface area contributed by atoms with Crippen LogP contribution in [0.3, 0.4) is 0 Å². The van der Waals surface area contributed by atoms with E-state index in [0.717, 1.165) is 37.0 Å². The van der Waals surface area contributed by atoms with Crippen molar-refractivity contribution < 1.29 is 18.0 Å². The Bertz CT molecular complexity index is 1020. The summed E-state index contributed by atoms with van der Waals surface area (Å²) in [5.41, 5.74) is 0.573. The van der Waals surface area contributed by atoms with Crippen molar-refractivity contribution in [3.05, 3.63) is 46.7 Å². The second-order valence-electron chi connectivity index (χ2n) is 8.51. The average molecular weight is 476 g/mol. The summed E-state index contributed by atoms with van der Waals surface area (Å²) in [6.07, 6.45) is 6.26. The highest BCUT2D eigenvalue weighted by atomic mass is 32.2. The number of nitrogens with one attached hydrogen (secondary N) is 2. The number of hydrogen-bond donors (Lipinski definition) is 2. The van der Waals surface area contributed by atoms with Crippen LogP contribution in [0, 0.1) is 5.92 Å². The molecule has 1 saturated heterocycles. The summed E-state index contributed by atoms with van der Waals surface area (Å²) in [6, 6.07) is 10.0. The number of amides is 2.